The Labute approximate surface area is 121 Å². The summed E-state index contributed by atoms with van der Waals surface area (Å²) in [7, 11) is 0. The highest BCUT2D eigenvalue weighted by molar-refractivity contribution is 5.68. The molecule has 1 saturated heterocycles. The zero-order valence-corrected chi connectivity index (χ0v) is 12.6. The maximum Gasteiger partial charge on any atom is 0.329 e. The van der Waals surface area contributed by atoms with Crippen molar-refractivity contribution >= 4 is 5.97 Å². The van der Waals surface area contributed by atoms with E-state index in [4.69, 9.17) is 9.84 Å². The van der Waals surface area contributed by atoms with E-state index >= 15 is 0 Å². The van der Waals surface area contributed by atoms with Gasteiger partial charge in [0.15, 0.2) is 0 Å². The average molecular weight is 281 g/mol. The van der Waals surface area contributed by atoms with Gasteiger partial charge in [-0.1, -0.05) is 12.8 Å². The zero-order valence-electron chi connectivity index (χ0n) is 12.6. The lowest BCUT2D eigenvalue weighted by molar-refractivity contribution is -0.172. The smallest absolute Gasteiger partial charge is 0.329 e. The van der Waals surface area contributed by atoms with Crippen LogP contribution in [0.25, 0.3) is 0 Å². The SMILES string of the molecule is CC1(OCC(=O)O)CN(C2CCC3(CCCC3)CC2)C1. The third-order valence-electron chi connectivity index (χ3n) is 5.82. The summed E-state index contributed by atoms with van der Waals surface area (Å²) < 4.78 is 5.50. The third kappa shape index (κ3) is 2.86. The van der Waals surface area contributed by atoms with E-state index in [2.05, 4.69) is 4.90 Å². The van der Waals surface area contributed by atoms with E-state index in [0.717, 1.165) is 13.1 Å². The van der Waals surface area contributed by atoms with Gasteiger partial charge in [0.2, 0.25) is 0 Å². The van der Waals surface area contributed by atoms with Gasteiger partial charge in [0.1, 0.15) is 6.61 Å². The predicted molar refractivity (Wildman–Crippen MR) is 76.7 cm³/mol. The molecular weight excluding hydrogens is 254 g/mol. The number of carboxylic acids is 1. The average Bonchev–Trinajstić information content (AvgIpc) is 2.83. The molecule has 0 aromatic heterocycles. The van der Waals surface area contributed by atoms with Crippen LogP contribution in [-0.2, 0) is 9.53 Å². The number of likely N-dealkylation sites (tertiary alicyclic amines) is 1. The third-order valence-corrected chi connectivity index (χ3v) is 5.82. The Hall–Kier alpha value is -0.610. The van der Waals surface area contributed by atoms with Gasteiger partial charge in [-0.3, -0.25) is 4.90 Å². The fourth-order valence-electron chi connectivity index (χ4n) is 4.60. The summed E-state index contributed by atoms with van der Waals surface area (Å²) >= 11 is 0. The second kappa shape index (κ2) is 5.30. The standard InChI is InChI=1S/C16H27NO3/c1-15(20-10-14(18)19)11-17(12-15)13-4-8-16(9-5-13)6-2-3-7-16/h13H,2-12H2,1H3,(H,18,19). The minimum absolute atomic E-state index is 0.169. The van der Waals surface area contributed by atoms with E-state index in [9.17, 15) is 4.79 Å². The summed E-state index contributed by atoms with van der Waals surface area (Å²) in [4.78, 5) is 13.1. The number of hydrogen-bond acceptors (Lipinski definition) is 3. The lowest BCUT2D eigenvalue weighted by Gasteiger charge is -2.53. The molecule has 4 nitrogen and oxygen atoms in total. The molecule has 3 rings (SSSR count). The van der Waals surface area contributed by atoms with Crippen molar-refractivity contribution in [3.05, 3.63) is 0 Å². The van der Waals surface area contributed by atoms with E-state index in [0.29, 0.717) is 11.5 Å². The van der Waals surface area contributed by atoms with E-state index < -0.39 is 5.97 Å². The first-order chi connectivity index (χ1) is 9.50. The Bertz CT molecular complexity index is 360. The molecule has 3 fully saturated rings. The molecule has 2 aliphatic carbocycles. The monoisotopic (exact) mass is 281 g/mol. The highest BCUT2D eigenvalue weighted by Gasteiger charge is 2.46. The Morgan fingerprint density at radius 3 is 2.35 bits per heavy atom. The van der Waals surface area contributed by atoms with Crippen LogP contribution in [0.5, 0.6) is 0 Å². The first-order valence-corrected chi connectivity index (χ1v) is 8.10. The van der Waals surface area contributed by atoms with Gasteiger partial charge in [0.05, 0.1) is 5.60 Å². The normalized spacial score (nSPS) is 29.4. The molecule has 114 valence electrons. The summed E-state index contributed by atoms with van der Waals surface area (Å²) in [6, 6.07) is 0.711. The van der Waals surface area contributed by atoms with Crippen molar-refractivity contribution in [1.29, 1.82) is 0 Å². The van der Waals surface area contributed by atoms with Crippen molar-refractivity contribution in [3.63, 3.8) is 0 Å². The second-order valence-electron chi connectivity index (χ2n) is 7.48. The molecule has 3 aliphatic rings. The lowest BCUT2D eigenvalue weighted by Crippen LogP contribution is -2.65. The molecule has 0 radical (unpaired) electrons. The Morgan fingerprint density at radius 2 is 1.80 bits per heavy atom. The molecule has 4 heteroatoms. The van der Waals surface area contributed by atoms with Crippen molar-refractivity contribution in [2.75, 3.05) is 19.7 Å². The Morgan fingerprint density at radius 1 is 1.20 bits per heavy atom. The maximum absolute atomic E-state index is 10.6. The molecule has 0 atom stereocenters. The molecule has 1 aliphatic heterocycles. The van der Waals surface area contributed by atoms with Crippen LogP contribution >= 0.6 is 0 Å². The predicted octanol–water partition coefficient (Wildman–Crippen LogP) is 2.66. The number of aliphatic carboxylic acids is 1. The molecule has 1 N–H and O–H groups in total. The number of hydrogen-bond donors (Lipinski definition) is 1. The second-order valence-corrected chi connectivity index (χ2v) is 7.48. The van der Waals surface area contributed by atoms with Gasteiger partial charge in [-0.05, 0) is 50.9 Å². The van der Waals surface area contributed by atoms with Gasteiger partial charge in [-0.2, -0.15) is 0 Å². The first-order valence-electron chi connectivity index (χ1n) is 8.10. The molecule has 0 amide bonds. The quantitative estimate of drug-likeness (QED) is 0.860. The van der Waals surface area contributed by atoms with Crippen LogP contribution in [0.15, 0.2) is 0 Å². The minimum atomic E-state index is -0.870. The Balaban J connectivity index is 1.43. The first kappa shape index (κ1) is 14.3. The Kier molecular flexibility index (Phi) is 3.80. The number of rotatable bonds is 4. The van der Waals surface area contributed by atoms with Crippen LogP contribution in [0.4, 0.5) is 0 Å². The summed E-state index contributed by atoms with van der Waals surface area (Å²) in [5.41, 5.74) is 0.464. The number of carboxylic acid groups (broad SMARTS) is 1. The van der Waals surface area contributed by atoms with Crippen molar-refractivity contribution in [2.45, 2.75) is 69.9 Å². The summed E-state index contributed by atoms with van der Waals surface area (Å²) in [6.07, 6.45) is 11.3. The molecule has 0 unspecified atom stereocenters. The van der Waals surface area contributed by atoms with Crippen molar-refractivity contribution in [3.8, 4) is 0 Å². The minimum Gasteiger partial charge on any atom is -0.480 e. The van der Waals surface area contributed by atoms with Crippen LogP contribution in [-0.4, -0.2) is 47.3 Å². The van der Waals surface area contributed by atoms with E-state index in [1.54, 1.807) is 0 Å². The molecule has 0 bridgehead atoms. The molecule has 20 heavy (non-hydrogen) atoms. The molecule has 1 spiro atoms. The van der Waals surface area contributed by atoms with Gasteiger partial charge in [-0.25, -0.2) is 4.79 Å². The number of carbonyl (C=O) groups is 1. The number of nitrogens with zero attached hydrogens (tertiary/aromatic N) is 1. The maximum atomic E-state index is 10.6. The van der Waals surface area contributed by atoms with Crippen LogP contribution in [0.3, 0.4) is 0 Å². The van der Waals surface area contributed by atoms with Crippen LogP contribution in [0, 0.1) is 5.41 Å². The summed E-state index contributed by atoms with van der Waals surface area (Å²) in [6.45, 7) is 3.67. The van der Waals surface area contributed by atoms with Gasteiger partial charge >= 0.3 is 5.97 Å². The van der Waals surface area contributed by atoms with Crippen molar-refractivity contribution in [1.82, 2.24) is 4.90 Å². The molecule has 1 heterocycles. The van der Waals surface area contributed by atoms with E-state index in [1.165, 1.54) is 51.4 Å². The summed E-state index contributed by atoms with van der Waals surface area (Å²) in [5.74, 6) is -0.870. The largest absolute Gasteiger partial charge is 0.480 e. The fourth-order valence-corrected chi connectivity index (χ4v) is 4.60. The zero-order chi connectivity index (χ0) is 14.2. The summed E-state index contributed by atoms with van der Waals surface area (Å²) in [5, 5.41) is 8.69. The van der Waals surface area contributed by atoms with Crippen LogP contribution in [0.1, 0.15) is 58.3 Å². The number of ether oxygens (including phenoxy) is 1. The van der Waals surface area contributed by atoms with Gasteiger partial charge in [0, 0.05) is 19.1 Å². The van der Waals surface area contributed by atoms with Crippen molar-refractivity contribution < 1.29 is 14.6 Å². The highest BCUT2D eigenvalue weighted by Crippen LogP contribution is 2.50. The van der Waals surface area contributed by atoms with Gasteiger partial charge in [0.25, 0.3) is 0 Å². The van der Waals surface area contributed by atoms with Crippen LogP contribution < -0.4 is 0 Å². The molecule has 0 aromatic carbocycles. The molecular formula is C16H27NO3. The van der Waals surface area contributed by atoms with E-state index in [1.807, 2.05) is 6.92 Å². The van der Waals surface area contributed by atoms with Crippen LogP contribution in [0.2, 0.25) is 0 Å². The van der Waals surface area contributed by atoms with Gasteiger partial charge < -0.3 is 9.84 Å². The lowest BCUT2D eigenvalue weighted by atomic mass is 9.70. The fraction of sp³-hybridized carbons (Fsp3) is 0.938. The highest BCUT2D eigenvalue weighted by atomic mass is 16.5. The van der Waals surface area contributed by atoms with Gasteiger partial charge in [-0.15, -0.1) is 0 Å². The molecule has 0 aromatic rings. The van der Waals surface area contributed by atoms with Crippen molar-refractivity contribution in [2.24, 2.45) is 5.41 Å². The van der Waals surface area contributed by atoms with E-state index in [-0.39, 0.29) is 12.2 Å². The molecule has 2 saturated carbocycles. The topological polar surface area (TPSA) is 49.8 Å².